The van der Waals surface area contributed by atoms with E-state index in [0.29, 0.717) is 0 Å². The highest BCUT2D eigenvalue weighted by atomic mass is 32.1. The Morgan fingerprint density at radius 1 is 1.32 bits per heavy atom. The molecule has 4 aliphatic rings. The van der Waals surface area contributed by atoms with Crippen LogP contribution in [0.4, 0.5) is 0 Å². The predicted octanol–water partition coefficient (Wildman–Crippen LogP) is 1.53. The van der Waals surface area contributed by atoms with E-state index in [2.05, 4.69) is 21.2 Å². The lowest BCUT2D eigenvalue weighted by molar-refractivity contribution is -0.0731. The van der Waals surface area contributed by atoms with E-state index in [-0.39, 0.29) is 5.54 Å². The molecule has 104 valence electrons. The highest BCUT2D eigenvalue weighted by molar-refractivity contribution is 7.10. The SMILES string of the molecule is NCC1(N2CCc3sccc3C2)CN2CCC1CC2. The zero-order chi connectivity index (χ0) is 12.9. The number of thiophene rings is 1. The maximum atomic E-state index is 6.29. The lowest BCUT2D eigenvalue weighted by Crippen LogP contribution is -2.70. The summed E-state index contributed by atoms with van der Waals surface area (Å²) in [4.78, 5) is 6.96. The quantitative estimate of drug-likeness (QED) is 0.890. The highest BCUT2D eigenvalue weighted by Crippen LogP contribution is 2.41. The average Bonchev–Trinajstić information content (AvgIpc) is 2.95. The Bertz CT molecular complexity index is 464. The van der Waals surface area contributed by atoms with E-state index in [1.807, 2.05) is 11.3 Å². The van der Waals surface area contributed by atoms with Crippen LogP contribution in [0, 0.1) is 5.92 Å². The lowest BCUT2D eigenvalue weighted by Gasteiger charge is -2.58. The summed E-state index contributed by atoms with van der Waals surface area (Å²) in [6, 6.07) is 2.32. The molecule has 0 aliphatic carbocycles. The minimum Gasteiger partial charge on any atom is -0.329 e. The Morgan fingerprint density at radius 3 is 2.84 bits per heavy atom. The van der Waals surface area contributed by atoms with Crippen LogP contribution in [0.2, 0.25) is 0 Å². The molecule has 19 heavy (non-hydrogen) atoms. The minimum atomic E-state index is 0.260. The van der Waals surface area contributed by atoms with Gasteiger partial charge in [-0.2, -0.15) is 0 Å². The topological polar surface area (TPSA) is 32.5 Å². The second-order valence-corrected chi connectivity index (χ2v) is 7.40. The van der Waals surface area contributed by atoms with Crippen LogP contribution in [0.25, 0.3) is 0 Å². The molecule has 1 unspecified atom stereocenters. The normalized spacial score (nSPS) is 38.4. The van der Waals surface area contributed by atoms with Gasteiger partial charge in [0.1, 0.15) is 0 Å². The van der Waals surface area contributed by atoms with Gasteiger partial charge in [-0.25, -0.2) is 0 Å². The van der Waals surface area contributed by atoms with E-state index in [9.17, 15) is 0 Å². The van der Waals surface area contributed by atoms with Gasteiger partial charge >= 0.3 is 0 Å². The van der Waals surface area contributed by atoms with Crippen molar-refractivity contribution in [3.05, 3.63) is 21.9 Å². The Hall–Kier alpha value is -0.420. The van der Waals surface area contributed by atoms with Crippen molar-refractivity contribution in [2.45, 2.75) is 31.3 Å². The van der Waals surface area contributed by atoms with Crippen LogP contribution in [0.1, 0.15) is 23.3 Å². The van der Waals surface area contributed by atoms with Gasteiger partial charge in [0.2, 0.25) is 0 Å². The molecule has 1 aromatic rings. The molecule has 3 nitrogen and oxygen atoms in total. The summed E-state index contributed by atoms with van der Waals surface area (Å²) < 4.78 is 0. The molecule has 3 fully saturated rings. The van der Waals surface area contributed by atoms with Gasteiger partial charge in [0.25, 0.3) is 0 Å². The van der Waals surface area contributed by atoms with E-state index in [1.54, 1.807) is 10.4 Å². The van der Waals surface area contributed by atoms with Crippen LogP contribution >= 0.6 is 11.3 Å². The molecule has 1 atom stereocenters. The summed E-state index contributed by atoms with van der Waals surface area (Å²) in [6.07, 6.45) is 3.93. The zero-order valence-corrected chi connectivity index (χ0v) is 12.3. The number of fused-ring (bicyclic) bond motifs is 4. The molecule has 0 aromatic carbocycles. The average molecular weight is 277 g/mol. The second-order valence-electron chi connectivity index (χ2n) is 6.40. The molecule has 0 radical (unpaired) electrons. The molecule has 4 heteroatoms. The lowest BCUT2D eigenvalue weighted by atomic mass is 9.71. The first-order valence-electron chi connectivity index (χ1n) is 7.54. The van der Waals surface area contributed by atoms with Gasteiger partial charge in [-0.1, -0.05) is 0 Å². The Labute approximate surface area is 119 Å². The van der Waals surface area contributed by atoms with Crippen molar-refractivity contribution in [2.75, 3.05) is 32.7 Å². The van der Waals surface area contributed by atoms with Crippen molar-refractivity contribution in [3.8, 4) is 0 Å². The predicted molar refractivity (Wildman–Crippen MR) is 79.4 cm³/mol. The van der Waals surface area contributed by atoms with Gasteiger partial charge in [-0.15, -0.1) is 11.3 Å². The fourth-order valence-electron chi connectivity index (χ4n) is 4.49. The first-order valence-corrected chi connectivity index (χ1v) is 8.42. The molecule has 5 heterocycles. The van der Waals surface area contributed by atoms with Gasteiger partial charge in [0.15, 0.2) is 0 Å². The van der Waals surface area contributed by atoms with Gasteiger partial charge in [-0.05, 0) is 55.3 Å². The van der Waals surface area contributed by atoms with E-state index in [1.165, 1.54) is 45.4 Å². The number of nitrogens with zero attached hydrogens (tertiary/aromatic N) is 2. The monoisotopic (exact) mass is 277 g/mol. The van der Waals surface area contributed by atoms with Gasteiger partial charge < -0.3 is 10.6 Å². The highest BCUT2D eigenvalue weighted by Gasteiger charge is 2.49. The van der Waals surface area contributed by atoms with Crippen molar-refractivity contribution in [1.82, 2.24) is 9.80 Å². The van der Waals surface area contributed by atoms with E-state index < -0.39 is 0 Å². The molecule has 0 spiro atoms. The number of nitrogens with two attached hydrogens (primary N) is 1. The fourth-order valence-corrected chi connectivity index (χ4v) is 5.38. The summed E-state index contributed by atoms with van der Waals surface area (Å²) in [5.41, 5.74) is 8.10. The third kappa shape index (κ3) is 1.81. The molecular weight excluding hydrogens is 254 g/mol. The maximum absolute atomic E-state index is 6.29. The fraction of sp³-hybridized carbons (Fsp3) is 0.733. The molecule has 0 saturated carbocycles. The maximum Gasteiger partial charge on any atom is 0.0491 e. The molecule has 2 N–H and O–H groups in total. The number of hydrogen-bond donors (Lipinski definition) is 1. The number of rotatable bonds is 2. The van der Waals surface area contributed by atoms with Crippen LogP contribution < -0.4 is 5.73 Å². The molecule has 5 rings (SSSR count). The van der Waals surface area contributed by atoms with E-state index in [0.717, 1.165) is 19.0 Å². The summed E-state index contributed by atoms with van der Waals surface area (Å²) in [7, 11) is 0. The molecule has 2 bridgehead atoms. The summed E-state index contributed by atoms with van der Waals surface area (Å²) in [6.45, 7) is 6.95. The molecule has 4 aliphatic heterocycles. The summed E-state index contributed by atoms with van der Waals surface area (Å²) in [5.74, 6) is 0.822. The largest absolute Gasteiger partial charge is 0.329 e. The minimum absolute atomic E-state index is 0.260. The summed E-state index contributed by atoms with van der Waals surface area (Å²) >= 11 is 1.93. The van der Waals surface area contributed by atoms with Crippen molar-refractivity contribution >= 4 is 11.3 Å². The van der Waals surface area contributed by atoms with Crippen LogP contribution in [0.15, 0.2) is 11.4 Å². The smallest absolute Gasteiger partial charge is 0.0491 e. The van der Waals surface area contributed by atoms with Crippen molar-refractivity contribution in [3.63, 3.8) is 0 Å². The van der Waals surface area contributed by atoms with Gasteiger partial charge in [0, 0.05) is 36.6 Å². The van der Waals surface area contributed by atoms with Crippen LogP contribution in [0.5, 0.6) is 0 Å². The second kappa shape index (κ2) is 4.55. The first-order chi connectivity index (χ1) is 9.32. The van der Waals surface area contributed by atoms with Gasteiger partial charge in [0.05, 0.1) is 0 Å². The summed E-state index contributed by atoms with van der Waals surface area (Å²) in [5, 5.41) is 2.25. The molecule has 3 saturated heterocycles. The van der Waals surface area contributed by atoms with Crippen molar-refractivity contribution < 1.29 is 0 Å². The number of piperidine rings is 3. The molecule has 1 aromatic heterocycles. The van der Waals surface area contributed by atoms with Crippen molar-refractivity contribution in [1.29, 1.82) is 0 Å². The van der Waals surface area contributed by atoms with Crippen LogP contribution in [-0.4, -0.2) is 48.1 Å². The molecule has 0 amide bonds. The van der Waals surface area contributed by atoms with Crippen LogP contribution in [-0.2, 0) is 13.0 Å². The van der Waals surface area contributed by atoms with Crippen LogP contribution in [0.3, 0.4) is 0 Å². The third-order valence-corrected chi connectivity index (χ3v) is 6.66. The number of hydrogen-bond acceptors (Lipinski definition) is 4. The van der Waals surface area contributed by atoms with Gasteiger partial charge in [-0.3, -0.25) is 4.90 Å². The first kappa shape index (κ1) is 12.3. The van der Waals surface area contributed by atoms with E-state index in [4.69, 9.17) is 5.73 Å². The third-order valence-electron chi connectivity index (χ3n) is 5.64. The standard InChI is InChI=1S/C15H23N3S/c16-10-15(11-17-5-1-13(15)2-6-17)18-7-3-14-12(9-18)4-8-19-14/h4,8,13H,1-3,5-7,9-11,16H2. The van der Waals surface area contributed by atoms with E-state index >= 15 is 0 Å². The van der Waals surface area contributed by atoms with Crippen molar-refractivity contribution in [2.24, 2.45) is 11.7 Å². The Kier molecular flexibility index (Phi) is 2.95. The zero-order valence-electron chi connectivity index (χ0n) is 11.5. The Balaban J connectivity index is 1.63. The molecular formula is C15H23N3S. The Morgan fingerprint density at radius 2 is 2.16 bits per heavy atom.